The van der Waals surface area contributed by atoms with Crippen LogP contribution < -0.4 is 10.2 Å². The number of carbonyl (C=O) groups excluding carboxylic acids is 3. The topological polar surface area (TPSA) is 125 Å². The van der Waals surface area contributed by atoms with Crippen molar-refractivity contribution in [1.82, 2.24) is 10.2 Å². The molecule has 10 heteroatoms. The highest BCUT2D eigenvalue weighted by molar-refractivity contribution is 6.03. The number of amides is 3. The molecule has 0 saturated carbocycles. The maximum atomic E-state index is 13.1. The molecule has 1 fully saturated rings. The Bertz CT molecular complexity index is 1180. The van der Waals surface area contributed by atoms with Crippen LogP contribution in [0.15, 0.2) is 67.3 Å². The zero-order chi connectivity index (χ0) is 27.9. The number of aliphatic carboxylic acids is 1. The van der Waals surface area contributed by atoms with Crippen molar-refractivity contribution in [2.75, 3.05) is 18.0 Å². The lowest BCUT2D eigenvalue weighted by molar-refractivity contribution is -0.142. The number of nitrogens with one attached hydrogen (secondary N) is 1. The van der Waals surface area contributed by atoms with Crippen LogP contribution in [0, 0.1) is 0 Å². The molecule has 2 N–H and O–H groups in total. The van der Waals surface area contributed by atoms with Crippen molar-refractivity contribution in [3.05, 3.63) is 78.4 Å². The van der Waals surface area contributed by atoms with Crippen molar-refractivity contribution < 1.29 is 33.8 Å². The van der Waals surface area contributed by atoms with Crippen LogP contribution in [-0.2, 0) is 25.7 Å². The van der Waals surface area contributed by atoms with Gasteiger partial charge in [0.05, 0.1) is 12.6 Å². The zero-order valence-corrected chi connectivity index (χ0v) is 21.8. The number of carboxylic acids is 1. The van der Waals surface area contributed by atoms with E-state index in [1.807, 2.05) is 30.3 Å². The van der Waals surface area contributed by atoms with Crippen molar-refractivity contribution in [3.8, 4) is 0 Å². The normalized spacial score (nSPS) is 16.4. The predicted molar refractivity (Wildman–Crippen MR) is 140 cm³/mol. The van der Waals surface area contributed by atoms with Gasteiger partial charge in [0.15, 0.2) is 6.04 Å². The summed E-state index contributed by atoms with van der Waals surface area (Å²) in [5.41, 5.74) is 1.01. The number of alkyl carbamates (subject to hydrolysis) is 1. The largest absolute Gasteiger partial charge is 0.480 e. The van der Waals surface area contributed by atoms with E-state index in [1.165, 1.54) is 0 Å². The fourth-order valence-electron chi connectivity index (χ4n) is 3.99. The Kier molecular flexibility index (Phi) is 9.11. The second-order valence-corrected chi connectivity index (χ2v) is 9.86. The lowest BCUT2D eigenvalue weighted by Gasteiger charge is -2.39. The molecule has 202 valence electrons. The summed E-state index contributed by atoms with van der Waals surface area (Å²) in [7, 11) is 0. The van der Waals surface area contributed by atoms with Gasteiger partial charge in [0.1, 0.15) is 18.8 Å². The van der Waals surface area contributed by atoms with Gasteiger partial charge in [-0.3, -0.25) is 14.6 Å². The van der Waals surface area contributed by atoms with Crippen LogP contribution in [0.25, 0.3) is 0 Å². The third-order valence-corrected chi connectivity index (χ3v) is 5.69. The number of carbonyl (C=O) groups is 4. The molecule has 0 radical (unpaired) electrons. The van der Waals surface area contributed by atoms with Gasteiger partial charge >= 0.3 is 18.2 Å². The molecule has 10 nitrogen and oxygen atoms in total. The molecule has 1 heterocycles. The summed E-state index contributed by atoms with van der Waals surface area (Å²) in [6, 6.07) is 14.1. The summed E-state index contributed by atoms with van der Waals surface area (Å²) < 4.78 is 10.7. The highest BCUT2D eigenvalue weighted by Crippen LogP contribution is 2.27. The van der Waals surface area contributed by atoms with Crippen molar-refractivity contribution >= 4 is 29.8 Å². The summed E-state index contributed by atoms with van der Waals surface area (Å²) in [5.74, 6) is -1.83. The van der Waals surface area contributed by atoms with Gasteiger partial charge in [-0.15, -0.1) is 6.58 Å². The van der Waals surface area contributed by atoms with E-state index in [4.69, 9.17) is 9.47 Å². The van der Waals surface area contributed by atoms with Gasteiger partial charge in [-0.25, -0.2) is 14.4 Å². The summed E-state index contributed by atoms with van der Waals surface area (Å²) in [4.78, 5) is 52.5. The van der Waals surface area contributed by atoms with Gasteiger partial charge < -0.3 is 19.9 Å². The first-order chi connectivity index (χ1) is 18.0. The highest BCUT2D eigenvalue weighted by atomic mass is 16.6. The number of piperazine rings is 1. The molecule has 1 aliphatic heterocycles. The van der Waals surface area contributed by atoms with Crippen LogP contribution in [0.2, 0.25) is 0 Å². The Balaban J connectivity index is 1.77. The Morgan fingerprint density at radius 3 is 2.50 bits per heavy atom. The van der Waals surface area contributed by atoms with Crippen molar-refractivity contribution in [1.29, 1.82) is 0 Å². The minimum absolute atomic E-state index is 0.101. The van der Waals surface area contributed by atoms with Crippen LogP contribution >= 0.6 is 0 Å². The fourth-order valence-corrected chi connectivity index (χ4v) is 3.99. The molecule has 1 aliphatic rings. The number of anilines is 1. The average Bonchev–Trinajstić information content (AvgIpc) is 2.86. The Morgan fingerprint density at radius 2 is 1.87 bits per heavy atom. The second kappa shape index (κ2) is 12.3. The van der Waals surface area contributed by atoms with Crippen LogP contribution in [0.3, 0.4) is 0 Å². The molecule has 0 unspecified atom stereocenters. The maximum Gasteiger partial charge on any atom is 0.410 e. The van der Waals surface area contributed by atoms with Crippen LogP contribution in [0.4, 0.5) is 15.3 Å². The smallest absolute Gasteiger partial charge is 0.410 e. The summed E-state index contributed by atoms with van der Waals surface area (Å²) >= 11 is 0. The summed E-state index contributed by atoms with van der Waals surface area (Å²) in [6.45, 7) is 8.35. The van der Waals surface area contributed by atoms with Gasteiger partial charge in [0.2, 0.25) is 5.91 Å². The molecule has 0 aromatic heterocycles. The maximum absolute atomic E-state index is 13.1. The Hall–Kier alpha value is -4.34. The van der Waals surface area contributed by atoms with Crippen LogP contribution in [-0.4, -0.2) is 58.8 Å². The Morgan fingerprint density at radius 1 is 1.16 bits per heavy atom. The van der Waals surface area contributed by atoms with Crippen LogP contribution in [0.1, 0.15) is 44.4 Å². The standard InChI is InChI=1S/C28H33N3O7/c1-5-10-22(29-26(35)37-18-19-11-7-6-8-12-19)20-13-9-14-21(15-20)31-23(25(33)34)16-30(17-24(31)32)27(36)38-28(2,3)4/h5-9,11-15,22-23H,1,10,16-18H2,2-4H3,(H,29,35)(H,33,34)/t22-,23+/m0/s1. The second-order valence-electron chi connectivity index (χ2n) is 9.86. The van der Waals surface area contributed by atoms with Gasteiger partial charge in [-0.1, -0.05) is 48.5 Å². The number of hydrogen-bond donors (Lipinski definition) is 2. The molecule has 0 aliphatic carbocycles. The number of benzene rings is 2. The van der Waals surface area contributed by atoms with Gasteiger partial charge in [-0.2, -0.15) is 0 Å². The van der Waals surface area contributed by atoms with Crippen LogP contribution in [0.5, 0.6) is 0 Å². The zero-order valence-electron chi connectivity index (χ0n) is 21.8. The molecule has 0 bridgehead atoms. The molecule has 2 aromatic rings. The van der Waals surface area contributed by atoms with E-state index in [9.17, 15) is 24.3 Å². The fraction of sp³-hybridized carbons (Fsp3) is 0.357. The minimum Gasteiger partial charge on any atom is -0.480 e. The molecule has 0 spiro atoms. The number of nitrogens with zero attached hydrogens (tertiary/aromatic N) is 2. The summed E-state index contributed by atoms with van der Waals surface area (Å²) in [6.07, 6.45) is 0.623. The highest BCUT2D eigenvalue weighted by Gasteiger charge is 2.41. The molecule has 3 rings (SSSR count). The molecular formula is C28H33N3O7. The van der Waals surface area contributed by atoms with Gasteiger partial charge in [0.25, 0.3) is 0 Å². The minimum atomic E-state index is -1.32. The SMILES string of the molecule is C=CC[C@H](NC(=O)OCc1ccccc1)c1cccc(N2C(=O)CN(C(=O)OC(C)(C)C)C[C@@H]2C(=O)O)c1. The first-order valence-corrected chi connectivity index (χ1v) is 12.2. The lowest BCUT2D eigenvalue weighted by Crippen LogP contribution is -2.61. The Labute approximate surface area is 221 Å². The van der Waals surface area contributed by atoms with Crippen molar-refractivity contribution in [3.63, 3.8) is 0 Å². The first kappa shape index (κ1) is 28.2. The predicted octanol–water partition coefficient (Wildman–Crippen LogP) is 4.27. The average molecular weight is 524 g/mol. The van der Waals surface area contributed by atoms with E-state index in [1.54, 1.807) is 51.1 Å². The molecule has 2 atom stereocenters. The van der Waals surface area contributed by atoms with E-state index in [0.717, 1.165) is 15.4 Å². The number of ether oxygens (including phenoxy) is 2. The third-order valence-electron chi connectivity index (χ3n) is 5.69. The van der Waals surface area contributed by atoms with Crippen molar-refractivity contribution in [2.45, 2.75) is 51.5 Å². The van der Waals surface area contributed by atoms with Gasteiger partial charge in [-0.05, 0) is 50.5 Å². The van der Waals surface area contributed by atoms with E-state index in [2.05, 4.69) is 11.9 Å². The molecule has 3 amide bonds. The number of carboxylic acid groups (broad SMARTS) is 1. The molecule has 1 saturated heterocycles. The van der Waals surface area contributed by atoms with E-state index < -0.39 is 41.7 Å². The molecule has 38 heavy (non-hydrogen) atoms. The third kappa shape index (κ3) is 7.58. The van der Waals surface area contributed by atoms with Crippen molar-refractivity contribution in [2.24, 2.45) is 0 Å². The monoisotopic (exact) mass is 523 g/mol. The molecular weight excluding hydrogens is 490 g/mol. The number of rotatable bonds is 8. The van der Waals surface area contributed by atoms with E-state index >= 15 is 0 Å². The van der Waals surface area contributed by atoms with Gasteiger partial charge in [0, 0.05) is 5.69 Å². The first-order valence-electron chi connectivity index (χ1n) is 12.2. The molecule has 2 aromatic carbocycles. The van der Waals surface area contributed by atoms with E-state index in [-0.39, 0.29) is 19.7 Å². The quantitative estimate of drug-likeness (QED) is 0.495. The summed E-state index contributed by atoms with van der Waals surface area (Å²) in [5, 5.41) is 12.7. The lowest BCUT2D eigenvalue weighted by atomic mass is 10.0. The number of hydrogen-bond acceptors (Lipinski definition) is 6. The van der Waals surface area contributed by atoms with E-state index in [0.29, 0.717) is 17.7 Å².